The second kappa shape index (κ2) is 6.15. The number of benzene rings is 1. The molecule has 2 N–H and O–H groups in total. The molecular weight excluding hydrogens is 264 g/mol. The molecule has 0 radical (unpaired) electrons. The van der Waals surface area contributed by atoms with Crippen LogP contribution in [0.3, 0.4) is 0 Å². The standard InChI is InChI=1S/C13H18N2O3S/c1-9(2)13(8-16)15-19(17,18)12-5-4-11(7-14)10(3)6-12/h4-6,9,13,15-16H,8H2,1-3H3. The fraction of sp³-hybridized carbons (Fsp3) is 0.462. The summed E-state index contributed by atoms with van der Waals surface area (Å²) in [5.41, 5.74) is 1.05. The van der Waals surface area contributed by atoms with E-state index in [1.165, 1.54) is 18.2 Å². The number of aryl methyl sites for hydroxylation is 1. The molecule has 1 rings (SSSR count). The number of hydrogen-bond acceptors (Lipinski definition) is 4. The van der Waals surface area contributed by atoms with Crippen molar-refractivity contribution in [2.75, 3.05) is 6.61 Å². The van der Waals surface area contributed by atoms with Crippen LogP contribution >= 0.6 is 0 Å². The molecule has 0 aliphatic rings. The maximum absolute atomic E-state index is 12.2. The topological polar surface area (TPSA) is 90.2 Å². The zero-order chi connectivity index (χ0) is 14.6. The van der Waals surface area contributed by atoms with Crippen molar-refractivity contribution in [3.8, 4) is 6.07 Å². The third-order valence-electron chi connectivity index (χ3n) is 2.94. The minimum absolute atomic E-state index is 0.0146. The first-order chi connectivity index (χ1) is 8.81. The lowest BCUT2D eigenvalue weighted by Gasteiger charge is -2.20. The minimum atomic E-state index is -3.68. The third-order valence-corrected chi connectivity index (χ3v) is 4.42. The zero-order valence-electron chi connectivity index (χ0n) is 11.2. The average Bonchev–Trinajstić information content (AvgIpc) is 2.35. The summed E-state index contributed by atoms with van der Waals surface area (Å²) in [6, 6.07) is 5.79. The first-order valence-electron chi connectivity index (χ1n) is 5.95. The summed E-state index contributed by atoms with van der Waals surface area (Å²) in [5.74, 6) is -0.0146. The fourth-order valence-electron chi connectivity index (χ4n) is 1.58. The summed E-state index contributed by atoms with van der Waals surface area (Å²) in [6.45, 7) is 5.08. The van der Waals surface area contributed by atoms with Gasteiger partial charge in [0.2, 0.25) is 10.0 Å². The molecule has 1 aromatic rings. The third kappa shape index (κ3) is 3.77. The summed E-state index contributed by atoms with van der Waals surface area (Å²) < 4.78 is 26.8. The maximum Gasteiger partial charge on any atom is 0.240 e. The smallest absolute Gasteiger partial charge is 0.240 e. The van der Waals surface area contributed by atoms with Gasteiger partial charge in [0, 0.05) is 6.04 Å². The summed E-state index contributed by atoms with van der Waals surface area (Å²) in [6.07, 6.45) is 0. The highest BCUT2D eigenvalue weighted by molar-refractivity contribution is 7.89. The molecule has 0 bridgehead atoms. The van der Waals surface area contributed by atoms with Crippen LogP contribution in [-0.2, 0) is 10.0 Å². The molecule has 0 aliphatic heterocycles. The van der Waals surface area contributed by atoms with Gasteiger partial charge in [-0.05, 0) is 36.6 Å². The van der Waals surface area contributed by atoms with Crippen LogP contribution in [0.25, 0.3) is 0 Å². The minimum Gasteiger partial charge on any atom is -0.395 e. The Morgan fingerprint density at radius 1 is 1.42 bits per heavy atom. The quantitative estimate of drug-likeness (QED) is 0.848. The second-order valence-electron chi connectivity index (χ2n) is 4.74. The van der Waals surface area contributed by atoms with E-state index in [1.54, 1.807) is 6.92 Å². The molecule has 19 heavy (non-hydrogen) atoms. The predicted molar refractivity (Wildman–Crippen MR) is 71.9 cm³/mol. The van der Waals surface area contributed by atoms with Gasteiger partial charge in [-0.15, -0.1) is 0 Å². The van der Waals surface area contributed by atoms with Crippen molar-refractivity contribution in [3.05, 3.63) is 29.3 Å². The van der Waals surface area contributed by atoms with E-state index in [2.05, 4.69) is 4.72 Å². The van der Waals surface area contributed by atoms with Crippen molar-refractivity contribution < 1.29 is 13.5 Å². The van der Waals surface area contributed by atoms with Crippen LogP contribution in [0.15, 0.2) is 23.1 Å². The van der Waals surface area contributed by atoms with Crippen LogP contribution < -0.4 is 4.72 Å². The monoisotopic (exact) mass is 282 g/mol. The molecule has 1 aromatic carbocycles. The molecule has 0 saturated heterocycles. The largest absolute Gasteiger partial charge is 0.395 e. The molecule has 1 atom stereocenters. The molecule has 0 spiro atoms. The van der Waals surface area contributed by atoms with Gasteiger partial charge in [-0.1, -0.05) is 13.8 Å². The molecule has 104 valence electrons. The van der Waals surface area contributed by atoms with Gasteiger partial charge < -0.3 is 5.11 Å². The average molecular weight is 282 g/mol. The van der Waals surface area contributed by atoms with E-state index in [0.29, 0.717) is 11.1 Å². The van der Waals surface area contributed by atoms with E-state index >= 15 is 0 Å². The number of rotatable bonds is 5. The van der Waals surface area contributed by atoms with E-state index in [9.17, 15) is 13.5 Å². The molecule has 5 nitrogen and oxygen atoms in total. The summed E-state index contributed by atoms with van der Waals surface area (Å²) in [4.78, 5) is 0.100. The number of sulfonamides is 1. The van der Waals surface area contributed by atoms with Gasteiger partial charge in [-0.2, -0.15) is 5.26 Å². The van der Waals surface area contributed by atoms with Crippen molar-refractivity contribution in [1.82, 2.24) is 4.72 Å². The van der Waals surface area contributed by atoms with Gasteiger partial charge in [0.15, 0.2) is 0 Å². The Bertz CT molecular complexity index is 588. The molecule has 0 fully saturated rings. The number of nitriles is 1. The first kappa shape index (κ1) is 15.6. The highest BCUT2D eigenvalue weighted by Crippen LogP contribution is 2.16. The number of nitrogens with zero attached hydrogens (tertiary/aromatic N) is 1. The molecule has 1 unspecified atom stereocenters. The Morgan fingerprint density at radius 3 is 2.47 bits per heavy atom. The van der Waals surface area contributed by atoms with Gasteiger partial charge in [0.25, 0.3) is 0 Å². The SMILES string of the molecule is Cc1cc(S(=O)(=O)NC(CO)C(C)C)ccc1C#N. The van der Waals surface area contributed by atoms with Crippen LogP contribution in [0.2, 0.25) is 0 Å². The molecule has 0 saturated carbocycles. The molecule has 0 aromatic heterocycles. The van der Waals surface area contributed by atoms with Crippen LogP contribution in [0.1, 0.15) is 25.0 Å². The first-order valence-corrected chi connectivity index (χ1v) is 7.44. The van der Waals surface area contributed by atoms with Crippen LogP contribution in [0.4, 0.5) is 0 Å². The van der Waals surface area contributed by atoms with Crippen molar-refractivity contribution in [3.63, 3.8) is 0 Å². The van der Waals surface area contributed by atoms with Crippen LogP contribution in [0, 0.1) is 24.2 Å². The Morgan fingerprint density at radius 2 is 2.05 bits per heavy atom. The molecule has 0 heterocycles. The van der Waals surface area contributed by atoms with E-state index in [1.807, 2.05) is 19.9 Å². The Kier molecular flexibility index (Phi) is 5.06. The summed E-state index contributed by atoms with van der Waals surface area (Å²) >= 11 is 0. The number of aliphatic hydroxyl groups is 1. The number of hydrogen-bond donors (Lipinski definition) is 2. The van der Waals surface area contributed by atoms with E-state index < -0.39 is 16.1 Å². The second-order valence-corrected chi connectivity index (χ2v) is 6.46. The van der Waals surface area contributed by atoms with Gasteiger partial charge in [-0.25, -0.2) is 13.1 Å². The van der Waals surface area contributed by atoms with Crippen molar-refractivity contribution >= 4 is 10.0 Å². The maximum atomic E-state index is 12.2. The summed E-state index contributed by atoms with van der Waals surface area (Å²) in [7, 11) is -3.68. The molecule has 0 aliphatic carbocycles. The lowest BCUT2D eigenvalue weighted by molar-refractivity contribution is 0.227. The van der Waals surface area contributed by atoms with Crippen LogP contribution in [-0.4, -0.2) is 26.2 Å². The molecule has 0 amide bonds. The molecular formula is C13H18N2O3S. The Hall–Kier alpha value is -1.42. The van der Waals surface area contributed by atoms with Gasteiger partial charge in [0.1, 0.15) is 0 Å². The number of aliphatic hydroxyl groups excluding tert-OH is 1. The van der Waals surface area contributed by atoms with Gasteiger partial charge in [0.05, 0.1) is 23.1 Å². The molecule has 6 heteroatoms. The highest BCUT2D eigenvalue weighted by atomic mass is 32.2. The van der Waals surface area contributed by atoms with Gasteiger partial charge in [-0.3, -0.25) is 0 Å². The Labute approximate surface area is 113 Å². The summed E-state index contributed by atoms with van der Waals surface area (Å²) in [5, 5.41) is 18.0. The van der Waals surface area contributed by atoms with Crippen LogP contribution in [0.5, 0.6) is 0 Å². The van der Waals surface area contributed by atoms with Crippen molar-refractivity contribution in [2.24, 2.45) is 5.92 Å². The predicted octanol–water partition coefficient (Wildman–Crippen LogP) is 1.16. The van der Waals surface area contributed by atoms with E-state index in [-0.39, 0.29) is 17.4 Å². The van der Waals surface area contributed by atoms with E-state index in [4.69, 9.17) is 5.26 Å². The Balaban J connectivity index is 3.08. The number of nitrogens with one attached hydrogen (secondary N) is 1. The fourth-order valence-corrected chi connectivity index (χ4v) is 3.04. The lowest BCUT2D eigenvalue weighted by Crippen LogP contribution is -2.41. The lowest BCUT2D eigenvalue weighted by atomic mass is 10.1. The van der Waals surface area contributed by atoms with Crippen molar-refractivity contribution in [2.45, 2.75) is 31.7 Å². The normalized spacial score (nSPS) is 13.3. The van der Waals surface area contributed by atoms with Crippen molar-refractivity contribution in [1.29, 1.82) is 5.26 Å². The zero-order valence-corrected chi connectivity index (χ0v) is 12.0. The van der Waals surface area contributed by atoms with Gasteiger partial charge >= 0.3 is 0 Å². The highest BCUT2D eigenvalue weighted by Gasteiger charge is 2.22. The van der Waals surface area contributed by atoms with E-state index in [0.717, 1.165) is 0 Å².